The zero-order valence-electron chi connectivity index (χ0n) is 10.2. The molecule has 0 saturated heterocycles. The lowest BCUT2D eigenvalue weighted by Crippen LogP contribution is -2.03. The summed E-state index contributed by atoms with van der Waals surface area (Å²) in [7, 11) is 1.61. The number of aryl methyl sites for hydroxylation is 2. The van der Waals surface area contributed by atoms with Crippen LogP contribution in [0.1, 0.15) is 17.3 Å². The lowest BCUT2D eigenvalue weighted by atomic mass is 10.4. The molecule has 0 spiro atoms. The predicted molar refractivity (Wildman–Crippen MR) is 64.1 cm³/mol. The molecular formula is C12H15N3O2. The Labute approximate surface area is 99.8 Å². The fraction of sp³-hybridized carbons (Fsp3) is 0.333. The van der Waals surface area contributed by atoms with Crippen LogP contribution in [0.5, 0.6) is 5.75 Å². The highest BCUT2D eigenvalue weighted by molar-refractivity contribution is 5.49. The second kappa shape index (κ2) is 4.86. The van der Waals surface area contributed by atoms with E-state index in [1.807, 2.05) is 26.0 Å². The monoisotopic (exact) mass is 233 g/mol. The van der Waals surface area contributed by atoms with Gasteiger partial charge in [0.1, 0.15) is 5.76 Å². The van der Waals surface area contributed by atoms with Crippen LogP contribution in [0.15, 0.2) is 22.7 Å². The Morgan fingerprint density at radius 2 is 2.24 bits per heavy atom. The molecule has 17 heavy (non-hydrogen) atoms. The van der Waals surface area contributed by atoms with Gasteiger partial charge >= 0.3 is 0 Å². The first-order chi connectivity index (χ1) is 8.20. The largest absolute Gasteiger partial charge is 0.493 e. The van der Waals surface area contributed by atoms with E-state index < -0.39 is 0 Å². The maximum absolute atomic E-state index is 5.47. The SMILES string of the molecule is COc1cccnc1NCc1nc(C)c(C)o1. The zero-order chi connectivity index (χ0) is 12.3. The van der Waals surface area contributed by atoms with Gasteiger partial charge in [0.2, 0.25) is 5.89 Å². The average molecular weight is 233 g/mol. The van der Waals surface area contributed by atoms with Crippen molar-refractivity contribution in [3.8, 4) is 5.75 Å². The number of hydrogen-bond donors (Lipinski definition) is 1. The molecule has 0 amide bonds. The third-order valence-corrected chi connectivity index (χ3v) is 2.47. The zero-order valence-corrected chi connectivity index (χ0v) is 10.2. The Bertz CT molecular complexity index is 489. The van der Waals surface area contributed by atoms with Crippen molar-refractivity contribution in [2.24, 2.45) is 0 Å². The van der Waals surface area contributed by atoms with Crippen molar-refractivity contribution in [2.45, 2.75) is 20.4 Å². The smallest absolute Gasteiger partial charge is 0.213 e. The van der Waals surface area contributed by atoms with E-state index in [4.69, 9.17) is 9.15 Å². The first-order valence-electron chi connectivity index (χ1n) is 5.36. The van der Waals surface area contributed by atoms with Crippen molar-refractivity contribution in [1.82, 2.24) is 9.97 Å². The van der Waals surface area contributed by atoms with Gasteiger partial charge in [-0.25, -0.2) is 9.97 Å². The number of rotatable bonds is 4. The van der Waals surface area contributed by atoms with E-state index in [2.05, 4.69) is 15.3 Å². The molecule has 90 valence electrons. The summed E-state index contributed by atoms with van der Waals surface area (Å²) < 4.78 is 10.7. The quantitative estimate of drug-likeness (QED) is 0.878. The van der Waals surface area contributed by atoms with E-state index in [1.54, 1.807) is 13.3 Å². The summed E-state index contributed by atoms with van der Waals surface area (Å²) in [5, 5.41) is 3.13. The lowest BCUT2D eigenvalue weighted by molar-refractivity contribution is 0.414. The molecule has 2 heterocycles. The van der Waals surface area contributed by atoms with Gasteiger partial charge in [0.25, 0.3) is 0 Å². The first kappa shape index (κ1) is 11.4. The Hall–Kier alpha value is -2.04. The van der Waals surface area contributed by atoms with Crippen molar-refractivity contribution in [2.75, 3.05) is 12.4 Å². The molecule has 0 radical (unpaired) electrons. The maximum atomic E-state index is 5.47. The topological polar surface area (TPSA) is 60.2 Å². The van der Waals surface area contributed by atoms with Crippen LogP contribution >= 0.6 is 0 Å². The Kier molecular flexibility index (Phi) is 3.27. The highest BCUT2D eigenvalue weighted by Gasteiger charge is 2.07. The summed E-state index contributed by atoms with van der Waals surface area (Å²) in [6, 6.07) is 3.67. The van der Waals surface area contributed by atoms with Crippen molar-refractivity contribution in [3.63, 3.8) is 0 Å². The molecule has 2 rings (SSSR count). The van der Waals surface area contributed by atoms with Crippen LogP contribution in [0.4, 0.5) is 5.82 Å². The van der Waals surface area contributed by atoms with E-state index in [9.17, 15) is 0 Å². The molecule has 0 saturated carbocycles. The lowest BCUT2D eigenvalue weighted by Gasteiger charge is -2.07. The van der Waals surface area contributed by atoms with E-state index in [1.165, 1.54) is 0 Å². The van der Waals surface area contributed by atoms with Gasteiger partial charge in [-0.05, 0) is 26.0 Å². The number of hydrogen-bond acceptors (Lipinski definition) is 5. The van der Waals surface area contributed by atoms with Crippen LogP contribution in [0, 0.1) is 13.8 Å². The molecule has 2 aromatic heterocycles. The fourth-order valence-electron chi connectivity index (χ4n) is 1.46. The summed E-state index contributed by atoms with van der Waals surface area (Å²) in [5.41, 5.74) is 0.912. The van der Waals surface area contributed by atoms with Crippen LogP contribution in [0.2, 0.25) is 0 Å². The van der Waals surface area contributed by atoms with Gasteiger partial charge in [0.15, 0.2) is 11.6 Å². The molecule has 0 aliphatic carbocycles. The number of nitrogens with one attached hydrogen (secondary N) is 1. The highest BCUT2D eigenvalue weighted by atomic mass is 16.5. The molecule has 0 aromatic carbocycles. The molecule has 5 heteroatoms. The van der Waals surface area contributed by atoms with Crippen LogP contribution < -0.4 is 10.1 Å². The molecular weight excluding hydrogens is 218 g/mol. The predicted octanol–water partition coefficient (Wildman–Crippen LogP) is 2.31. The molecule has 5 nitrogen and oxygen atoms in total. The Balaban J connectivity index is 2.07. The molecule has 0 aliphatic heterocycles. The van der Waals surface area contributed by atoms with Gasteiger partial charge in [-0.15, -0.1) is 0 Å². The minimum atomic E-state index is 0.488. The summed E-state index contributed by atoms with van der Waals surface area (Å²) in [6.07, 6.45) is 1.71. The average Bonchev–Trinajstić information content (AvgIpc) is 2.66. The summed E-state index contributed by atoms with van der Waals surface area (Å²) >= 11 is 0. The second-order valence-corrected chi connectivity index (χ2v) is 3.66. The molecule has 0 unspecified atom stereocenters. The van der Waals surface area contributed by atoms with E-state index >= 15 is 0 Å². The third kappa shape index (κ3) is 2.55. The minimum absolute atomic E-state index is 0.488. The Morgan fingerprint density at radius 1 is 1.41 bits per heavy atom. The van der Waals surface area contributed by atoms with Crippen molar-refractivity contribution in [3.05, 3.63) is 35.7 Å². The summed E-state index contributed by atoms with van der Waals surface area (Å²) in [4.78, 5) is 8.47. The minimum Gasteiger partial charge on any atom is -0.493 e. The number of methoxy groups -OCH3 is 1. The van der Waals surface area contributed by atoms with Crippen LogP contribution in [-0.4, -0.2) is 17.1 Å². The molecule has 1 N–H and O–H groups in total. The maximum Gasteiger partial charge on any atom is 0.213 e. The molecule has 0 aliphatic rings. The molecule has 0 bridgehead atoms. The van der Waals surface area contributed by atoms with Gasteiger partial charge in [0, 0.05) is 6.20 Å². The van der Waals surface area contributed by atoms with Crippen molar-refractivity contribution in [1.29, 1.82) is 0 Å². The number of ether oxygens (including phenoxy) is 1. The normalized spacial score (nSPS) is 10.3. The third-order valence-electron chi connectivity index (χ3n) is 2.47. The Morgan fingerprint density at radius 3 is 2.88 bits per heavy atom. The molecule has 0 fully saturated rings. The summed E-state index contributed by atoms with van der Waals surface area (Å²) in [6.45, 7) is 4.30. The standard InChI is InChI=1S/C12H15N3O2/c1-8-9(2)17-11(15-8)7-14-12-10(16-3)5-4-6-13-12/h4-6H,7H2,1-3H3,(H,13,14). The molecule has 2 aromatic rings. The molecule has 0 atom stereocenters. The van der Waals surface area contributed by atoms with E-state index in [0.717, 1.165) is 11.5 Å². The van der Waals surface area contributed by atoms with Crippen molar-refractivity contribution < 1.29 is 9.15 Å². The van der Waals surface area contributed by atoms with Crippen molar-refractivity contribution >= 4 is 5.82 Å². The van der Waals surface area contributed by atoms with Gasteiger partial charge in [-0.2, -0.15) is 0 Å². The number of anilines is 1. The second-order valence-electron chi connectivity index (χ2n) is 3.66. The first-order valence-corrected chi connectivity index (χ1v) is 5.36. The van der Waals surface area contributed by atoms with Gasteiger partial charge in [0.05, 0.1) is 19.3 Å². The van der Waals surface area contributed by atoms with Gasteiger partial charge in [-0.1, -0.05) is 0 Å². The number of pyridine rings is 1. The van der Waals surface area contributed by atoms with Crippen LogP contribution in [-0.2, 0) is 6.54 Å². The highest BCUT2D eigenvalue weighted by Crippen LogP contribution is 2.20. The van der Waals surface area contributed by atoms with Gasteiger partial charge < -0.3 is 14.5 Å². The van der Waals surface area contributed by atoms with Crippen LogP contribution in [0.25, 0.3) is 0 Å². The van der Waals surface area contributed by atoms with E-state index in [-0.39, 0.29) is 0 Å². The van der Waals surface area contributed by atoms with Crippen LogP contribution in [0.3, 0.4) is 0 Å². The number of nitrogens with zero attached hydrogens (tertiary/aromatic N) is 2. The number of oxazole rings is 1. The fourth-order valence-corrected chi connectivity index (χ4v) is 1.46. The summed E-state index contributed by atoms with van der Waals surface area (Å²) in [5.74, 6) is 2.87. The van der Waals surface area contributed by atoms with E-state index in [0.29, 0.717) is 24.0 Å². The number of aromatic nitrogens is 2. The van der Waals surface area contributed by atoms with Gasteiger partial charge in [-0.3, -0.25) is 0 Å².